The van der Waals surface area contributed by atoms with Gasteiger partial charge in [-0.25, -0.2) is 0 Å². The van der Waals surface area contributed by atoms with Crippen LogP contribution in [0.5, 0.6) is 0 Å². The summed E-state index contributed by atoms with van der Waals surface area (Å²) in [5, 5.41) is 3.78. The lowest BCUT2D eigenvalue weighted by molar-refractivity contribution is 0.169. The van der Waals surface area contributed by atoms with Crippen molar-refractivity contribution < 1.29 is 4.52 Å². The Morgan fingerprint density at radius 3 is 2.45 bits per heavy atom. The fourth-order valence-corrected chi connectivity index (χ4v) is 3.72. The number of hydrogen-bond acceptors (Lipinski definition) is 3. The molecule has 0 saturated heterocycles. The lowest BCUT2D eigenvalue weighted by Crippen LogP contribution is -2.25. The van der Waals surface area contributed by atoms with Crippen LogP contribution in [0.25, 0.3) is 11.1 Å². The highest BCUT2D eigenvalue weighted by molar-refractivity contribution is 5.72. The zero-order valence-electron chi connectivity index (χ0n) is 13.8. The van der Waals surface area contributed by atoms with Gasteiger partial charge in [-0.2, -0.15) is 0 Å². The first-order valence-electron chi connectivity index (χ1n) is 8.25. The fraction of sp³-hybridized carbons (Fsp3) is 0.526. The Kier molecular flexibility index (Phi) is 3.98. The lowest BCUT2D eigenvalue weighted by atomic mass is 9.68. The second-order valence-corrected chi connectivity index (χ2v) is 7.64. The SMILES string of the molecule is CC(C)(C)C1CCC(c2cccc(-c3cnoc3N)c2)CC1. The number of nitrogens with two attached hydrogens (primary N) is 1. The van der Waals surface area contributed by atoms with Gasteiger partial charge in [-0.05, 0) is 54.1 Å². The summed E-state index contributed by atoms with van der Waals surface area (Å²) in [5.41, 5.74) is 9.69. The minimum absolute atomic E-state index is 0.397. The first-order valence-corrected chi connectivity index (χ1v) is 8.25. The standard InChI is InChI=1S/C19H26N2O/c1-19(2,3)16-9-7-13(8-10-16)14-5-4-6-15(11-14)17-12-21-22-18(17)20/h4-6,11-13,16H,7-10,20H2,1-3H3. The van der Waals surface area contributed by atoms with Crippen LogP contribution in [0.4, 0.5) is 5.88 Å². The minimum atomic E-state index is 0.397. The summed E-state index contributed by atoms with van der Waals surface area (Å²) in [6.45, 7) is 7.11. The fourth-order valence-electron chi connectivity index (χ4n) is 3.72. The third-order valence-corrected chi connectivity index (χ3v) is 5.22. The summed E-state index contributed by atoms with van der Waals surface area (Å²) < 4.78 is 4.98. The molecule has 0 bridgehead atoms. The molecule has 0 aliphatic heterocycles. The number of aromatic nitrogens is 1. The van der Waals surface area contributed by atoms with Gasteiger partial charge in [0.2, 0.25) is 5.88 Å². The maximum Gasteiger partial charge on any atom is 0.229 e. The van der Waals surface area contributed by atoms with Crippen LogP contribution in [0.1, 0.15) is 57.9 Å². The van der Waals surface area contributed by atoms with Crippen LogP contribution in [0.3, 0.4) is 0 Å². The van der Waals surface area contributed by atoms with Gasteiger partial charge in [0, 0.05) is 0 Å². The molecule has 1 aromatic heterocycles. The van der Waals surface area contributed by atoms with Crippen molar-refractivity contribution in [2.75, 3.05) is 5.73 Å². The van der Waals surface area contributed by atoms with E-state index in [2.05, 4.69) is 50.2 Å². The Morgan fingerprint density at radius 2 is 1.86 bits per heavy atom. The van der Waals surface area contributed by atoms with E-state index in [1.165, 1.54) is 31.2 Å². The highest BCUT2D eigenvalue weighted by Gasteiger charge is 2.30. The van der Waals surface area contributed by atoms with E-state index >= 15 is 0 Å². The zero-order valence-corrected chi connectivity index (χ0v) is 13.8. The Labute approximate surface area is 132 Å². The molecule has 3 nitrogen and oxygen atoms in total. The Bertz CT molecular complexity index is 631. The number of nitrogen functional groups attached to an aromatic ring is 1. The molecule has 0 atom stereocenters. The van der Waals surface area contributed by atoms with E-state index < -0.39 is 0 Å². The number of benzene rings is 1. The Morgan fingerprint density at radius 1 is 1.14 bits per heavy atom. The van der Waals surface area contributed by atoms with Crippen molar-refractivity contribution in [3.63, 3.8) is 0 Å². The van der Waals surface area contributed by atoms with Gasteiger partial charge < -0.3 is 10.3 Å². The predicted molar refractivity (Wildman–Crippen MR) is 90.5 cm³/mol. The van der Waals surface area contributed by atoms with Crippen molar-refractivity contribution in [1.29, 1.82) is 0 Å². The average molecular weight is 298 g/mol. The predicted octanol–water partition coefficient (Wildman–Crippen LogP) is 5.24. The number of hydrogen-bond donors (Lipinski definition) is 1. The van der Waals surface area contributed by atoms with Gasteiger partial charge in [0.05, 0.1) is 11.8 Å². The molecule has 1 saturated carbocycles. The molecule has 118 valence electrons. The van der Waals surface area contributed by atoms with Gasteiger partial charge in [-0.1, -0.05) is 50.2 Å². The highest BCUT2D eigenvalue weighted by atomic mass is 16.5. The number of nitrogens with zero attached hydrogens (tertiary/aromatic N) is 1. The quantitative estimate of drug-likeness (QED) is 0.824. The monoisotopic (exact) mass is 298 g/mol. The van der Waals surface area contributed by atoms with Crippen LogP contribution in [0.15, 0.2) is 35.0 Å². The summed E-state index contributed by atoms with van der Waals surface area (Å²) in [7, 11) is 0. The minimum Gasteiger partial charge on any atom is -0.367 e. The number of anilines is 1. The molecule has 0 unspecified atom stereocenters. The third kappa shape index (κ3) is 3.03. The molecule has 1 heterocycles. The van der Waals surface area contributed by atoms with Gasteiger partial charge in [0.15, 0.2) is 0 Å². The second kappa shape index (κ2) is 5.79. The zero-order chi connectivity index (χ0) is 15.7. The topological polar surface area (TPSA) is 52.0 Å². The van der Waals surface area contributed by atoms with Crippen molar-refractivity contribution in [2.45, 2.75) is 52.4 Å². The average Bonchev–Trinajstić information content (AvgIpc) is 2.93. The smallest absolute Gasteiger partial charge is 0.229 e. The molecule has 1 fully saturated rings. The molecule has 22 heavy (non-hydrogen) atoms. The van der Waals surface area contributed by atoms with Crippen LogP contribution >= 0.6 is 0 Å². The van der Waals surface area contributed by atoms with Crippen molar-refractivity contribution in [2.24, 2.45) is 11.3 Å². The first kappa shape index (κ1) is 15.1. The molecule has 1 aromatic carbocycles. The molecule has 3 rings (SSSR count). The van der Waals surface area contributed by atoms with Gasteiger partial charge in [0.25, 0.3) is 0 Å². The van der Waals surface area contributed by atoms with E-state index in [1.54, 1.807) is 6.20 Å². The van der Waals surface area contributed by atoms with E-state index in [1.807, 2.05) is 0 Å². The Balaban J connectivity index is 1.76. The highest BCUT2D eigenvalue weighted by Crippen LogP contribution is 2.43. The summed E-state index contributed by atoms with van der Waals surface area (Å²) >= 11 is 0. The maximum absolute atomic E-state index is 5.84. The largest absolute Gasteiger partial charge is 0.367 e. The third-order valence-electron chi connectivity index (χ3n) is 5.22. The van der Waals surface area contributed by atoms with Crippen molar-refractivity contribution in [3.05, 3.63) is 36.0 Å². The van der Waals surface area contributed by atoms with Gasteiger partial charge in [0.1, 0.15) is 0 Å². The van der Waals surface area contributed by atoms with Crippen LogP contribution in [0.2, 0.25) is 0 Å². The van der Waals surface area contributed by atoms with E-state index in [9.17, 15) is 0 Å². The summed E-state index contributed by atoms with van der Waals surface area (Å²) in [6, 6.07) is 8.69. The van der Waals surface area contributed by atoms with Gasteiger partial charge in [-0.3, -0.25) is 0 Å². The summed E-state index contributed by atoms with van der Waals surface area (Å²) in [5.74, 6) is 1.91. The van der Waals surface area contributed by atoms with Gasteiger partial charge >= 0.3 is 0 Å². The molecule has 1 aliphatic rings. The molecule has 1 aliphatic carbocycles. The van der Waals surface area contributed by atoms with Crippen LogP contribution in [-0.2, 0) is 0 Å². The normalized spacial score (nSPS) is 22.7. The van der Waals surface area contributed by atoms with Crippen LogP contribution in [-0.4, -0.2) is 5.16 Å². The van der Waals surface area contributed by atoms with Crippen LogP contribution in [0, 0.1) is 11.3 Å². The maximum atomic E-state index is 5.84. The summed E-state index contributed by atoms with van der Waals surface area (Å²) in [4.78, 5) is 0. The van der Waals surface area contributed by atoms with E-state index in [0.29, 0.717) is 17.2 Å². The second-order valence-electron chi connectivity index (χ2n) is 7.64. The van der Waals surface area contributed by atoms with E-state index in [4.69, 9.17) is 10.3 Å². The molecule has 0 radical (unpaired) electrons. The van der Waals surface area contributed by atoms with Crippen molar-refractivity contribution in [3.8, 4) is 11.1 Å². The summed E-state index contributed by atoms with van der Waals surface area (Å²) in [6.07, 6.45) is 6.92. The molecule has 3 heteroatoms. The molecule has 0 spiro atoms. The van der Waals surface area contributed by atoms with Crippen molar-refractivity contribution in [1.82, 2.24) is 5.16 Å². The molecule has 0 amide bonds. The van der Waals surface area contributed by atoms with Crippen molar-refractivity contribution >= 4 is 5.88 Å². The molecule has 2 N–H and O–H groups in total. The van der Waals surface area contributed by atoms with E-state index in [0.717, 1.165) is 17.0 Å². The molecular formula is C19H26N2O. The first-order chi connectivity index (χ1) is 10.4. The lowest BCUT2D eigenvalue weighted by Gasteiger charge is -2.37. The number of rotatable bonds is 2. The molecule has 2 aromatic rings. The van der Waals surface area contributed by atoms with Crippen LogP contribution < -0.4 is 5.73 Å². The van der Waals surface area contributed by atoms with E-state index in [-0.39, 0.29) is 0 Å². The Hall–Kier alpha value is -1.77. The van der Waals surface area contributed by atoms with Gasteiger partial charge in [-0.15, -0.1) is 0 Å². The molecular weight excluding hydrogens is 272 g/mol.